The molecule has 0 unspecified atom stereocenters. The molecule has 0 aromatic heterocycles. The Morgan fingerprint density at radius 2 is 1.43 bits per heavy atom. The van der Waals surface area contributed by atoms with E-state index in [2.05, 4.69) is 5.32 Å². The molecular weight excluding hydrogens is 270 g/mol. The Morgan fingerprint density at radius 3 is 2.05 bits per heavy atom. The summed E-state index contributed by atoms with van der Waals surface area (Å²) < 4.78 is 21.4. The number of methoxy groups -OCH3 is 4. The zero-order valence-corrected chi connectivity index (χ0v) is 12.6. The number of para-hydroxylation sites is 2. The number of hydrogen-bond acceptors (Lipinski definition) is 5. The van der Waals surface area contributed by atoms with Crippen LogP contribution >= 0.6 is 0 Å². The summed E-state index contributed by atoms with van der Waals surface area (Å²) in [6, 6.07) is 11.2. The lowest BCUT2D eigenvalue weighted by Crippen LogP contribution is -2.00. The van der Waals surface area contributed by atoms with Crippen LogP contribution in [0.5, 0.6) is 23.0 Å². The van der Waals surface area contributed by atoms with Gasteiger partial charge in [0.25, 0.3) is 0 Å². The quantitative estimate of drug-likeness (QED) is 0.882. The summed E-state index contributed by atoms with van der Waals surface area (Å²) in [5, 5.41) is 3.28. The van der Waals surface area contributed by atoms with E-state index in [-0.39, 0.29) is 0 Å². The first-order chi connectivity index (χ1) is 10.2. The summed E-state index contributed by atoms with van der Waals surface area (Å²) in [4.78, 5) is 0. The van der Waals surface area contributed by atoms with Gasteiger partial charge in [0, 0.05) is 12.1 Å². The topological polar surface area (TPSA) is 49.0 Å². The van der Waals surface area contributed by atoms with E-state index in [9.17, 15) is 0 Å². The van der Waals surface area contributed by atoms with Crippen molar-refractivity contribution in [3.05, 3.63) is 36.4 Å². The molecule has 2 aromatic carbocycles. The van der Waals surface area contributed by atoms with Crippen molar-refractivity contribution in [3.63, 3.8) is 0 Å². The van der Waals surface area contributed by atoms with Gasteiger partial charge in [-0.05, 0) is 12.1 Å². The molecular formula is C16H19NO4. The molecule has 0 amide bonds. The molecule has 112 valence electrons. The lowest BCUT2D eigenvalue weighted by atomic mass is 10.2. The van der Waals surface area contributed by atoms with E-state index < -0.39 is 0 Å². The molecule has 0 atom stereocenters. The Kier molecular flexibility index (Phi) is 4.77. The maximum Gasteiger partial charge on any atom is 0.184 e. The molecule has 0 bridgehead atoms. The molecule has 0 radical (unpaired) electrons. The minimum atomic E-state index is 0.592. The van der Waals surface area contributed by atoms with E-state index in [1.54, 1.807) is 34.5 Å². The van der Waals surface area contributed by atoms with Crippen LogP contribution in [0.25, 0.3) is 0 Å². The van der Waals surface area contributed by atoms with Gasteiger partial charge in [-0.2, -0.15) is 0 Å². The van der Waals surface area contributed by atoms with Crippen molar-refractivity contribution in [2.24, 2.45) is 0 Å². The Hall–Kier alpha value is -2.56. The van der Waals surface area contributed by atoms with Crippen molar-refractivity contribution in [3.8, 4) is 23.0 Å². The van der Waals surface area contributed by atoms with Crippen LogP contribution in [0.15, 0.2) is 36.4 Å². The van der Waals surface area contributed by atoms with Crippen molar-refractivity contribution < 1.29 is 18.9 Å². The number of rotatable bonds is 6. The van der Waals surface area contributed by atoms with E-state index in [4.69, 9.17) is 18.9 Å². The zero-order chi connectivity index (χ0) is 15.2. The summed E-state index contributed by atoms with van der Waals surface area (Å²) in [6.45, 7) is 0. The first-order valence-electron chi connectivity index (χ1n) is 6.43. The molecule has 21 heavy (non-hydrogen) atoms. The number of benzene rings is 2. The lowest BCUT2D eigenvalue weighted by molar-refractivity contribution is 0.350. The average molecular weight is 289 g/mol. The van der Waals surface area contributed by atoms with Crippen molar-refractivity contribution in [2.75, 3.05) is 33.8 Å². The molecule has 0 saturated heterocycles. The van der Waals surface area contributed by atoms with Gasteiger partial charge >= 0.3 is 0 Å². The summed E-state index contributed by atoms with van der Waals surface area (Å²) in [5.74, 6) is 2.60. The van der Waals surface area contributed by atoms with Gasteiger partial charge in [-0.1, -0.05) is 12.1 Å². The maximum atomic E-state index is 5.43. The monoisotopic (exact) mass is 289 g/mol. The van der Waals surface area contributed by atoms with Crippen molar-refractivity contribution in [1.82, 2.24) is 0 Å². The molecule has 0 aliphatic rings. The standard InChI is InChI=1S/C16H19NO4/c1-18-11-9-13(16(21-4)15(10-11)20-3)17-12-7-5-6-8-14(12)19-2/h5-10,17H,1-4H3. The summed E-state index contributed by atoms with van der Waals surface area (Å²) in [7, 11) is 6.42. The Labute approximate surface area is 124 Å². The highest BCUT2D eigenvalue weighted by Crippen LogP contribution is 2.41. The molecule has 5 nitrogen and oxygen atoms in total. The van der Waals surface area contributed by atoms with Gasteiger partial charge in [0.15, 0.2) is 11.5 Å². The molecule has 0 aliphatic heterocycles. The van der Waals surface area contributed by atoms with Gasteiger partial charge in [-0.15, -0.1) is 0 Å². The third-order valence-corrected chi connectivity index (χ3v) is 3.06. The second-order valence-corrected chi connectivity index (χ2v) is 4.24. The number of ether oxygens (including phenoxy) is 4. The van der Waals surface area contributed by atoms with Crippen LogP contribution in [-0.2, 0) is 0 Å². The van der Waals surface area contributed by atoms with Crippen LogP contribution in [-0.4, -0.2) is 28.4 Å². The SMILES string of the molecule is COc1cc(Nc2ccccc2OC)c(OC)c(OC)c1. The number of hydrogen-bond donors (Lipinski definition) is 1. The molecule has 2 rings (SSSR count). The summed E-state index contributed by atoms with van der Waals surface area (Å²) in [6.07, 6.45) is 0. The van der Waals surface area contributed by atoms with E-state index in [0.717, 1.165) is 17.1 Å². The van der Waals surface area contributed by atoms with Crippen molar-refractivity contribution >= 4 is 11.4 Å². The fraction of sp³-hybridized carbons (Fsp3) is 0.250. The smallest absolute Gasteiger partial charge is 0.184 e. The first-order valence-corrected chi connectivity index (χ1v) is 6.43. The molecule has 1 N–H and O–H groups in total. The van der Waals surface area contributed by atoms with Gasteiger partial charge < -0.3 is 24.3 Å². The minimum Gasteiger partial charge on any atom is -0.497 e. The second-order valence-electron chi connectivity index (χ2n) is 4.24. The van der Waals surface area contributed by atoms with E-state index in [0.29, 0.717) is 17.2 Å². The normalized spacial score (nSPS) is 9.90. The van der Waals surface area contributed by atoms with Crippen LogP contribution in [0.4, 0.5) is 11.4 Å². The van der Waals surface area contributed by atoms with Gasteiger partial charge in [0.1, 0.15) is 11.5 Å². The van der Waals surface area contributed by atoms with Gasteiger partial charge in [-0.3, -0.25) is 0 Å². The summed E-state index contributed by atoms with van der Waals surface area (Å²) >= 11 is 0. The Morgan fingerprint density at radius 1 is 0.714 bits per heavy atom. The van der Waals surface area contributed by atoms with Crippen molar-refractivity contribution in [2.45, 2.75) is 0 Å². The third-order valence-electron chi connectivity index (χ3n) is 3.06. The Bertz CT molecular complexity index is 613. The second kappa shape index (κ2) is 6.74. The minimum absolute atomic E-state index is 0.592. The number of anilines is 2. The van der Waals surface area contributed by atoms with Crippen LogP contribution < -0.4 is 24.3 Å². The van der Waals surface area contributed by atoms with Gasteiger partial charge in [-0.25, -0.2) is 0 Å². The zero-order valence-electron chi connectivity index (χ0n) is 12.6. The predicted octanol–water partition coefficient (Wildman–Crippen LogP) is 3.46. The average Bonchev–Trinajstić information content (AvgIpc) is 2.54. The highest BCUT2D eigenvalue weighted by molar-refractivity contribution is 5.75. The number of nitrogens with one attached hydrogen (secondary N) is 1. The van der Waals surface area contributed by atoms with Crippen LogP contribution in [0.2, 0.25) is 0 Å². The van der Waals surface area contributed by atoms with Gasteiger partial charge in [0.2, 0.25) is 0 Å². The molecule has 0 spiro atoms. The van der Waals surface area contributed by atoms with Crippen LogP contribution in [0, 0.1) is 0 Å². The predicted molar refractivity (Wildman–Crippen MR) is 82.4 cm³/mol. The van der Waals surface area contributed by atoms with Crippen LogP contribution in [0.1, 0.15) is 0 Å². The Balaban J connectivity index is 2.47. The molecule has 0 saturated carbocycles. The highest BCUT2D eigenvalue weighted by Gasteiger charge is 2.14. The molecule has 5 heteroatoms. The van der Waals surface area contributed by atoms with E-state index >= 15 is 0 Å². The fourth-order valence-electron chi connectivity index (χ4n) is 2.04. The third kappa shape index (κ3) is 3.13. The van der Waals surface area contributed by atoms with E-state index in [1.165, 1.54) is 0 Å². The van der Waals surface area contributed by atoms with Gasteiger partial charge in [0.05, 0.1) is 39.8 Å². The van der Waals surface area contributed by atoms with E-state index in [1.807, 2.05) is 30.3 Å². The van der Waals surface area contributed by atoms with Crippen molar-refractivity contribution in [1.29, 1.82) is 0 Å². The molecule has 0 heterocycles. The molecule has 0 fully saturated rings. The molecule has 2 aromatic rings. The summed E-state index contributed by atoms with van der Waals surface area (Å²) in [5.41, 5.74) is 1.56. The molecule has 0 aliphatic carbocycles. The fourth-order valence-corrected chi connectivity index (χ4v) is 2.04. The largest absolute Gasteiger partial charge is 0.497 e. The maximum absolute atomic E-state index is 5.43. The highest BCUT2D eigenvalue weighted by atomic mass is 16.5. The lowest BCUT2D eigenvalue weighted by Gasteiger charge is -2.17. The van der Waals surface area contributed by atoms with Crippen LogP contribution in [0.3, 0.4) is 0 Å². The first kappa shape index (κ1) is 14.8.